The zero-order chi connectivity index (χ0) is 13.7. The van der Waals surface area contributed by atoms with Gasteiger partial charge in [0.2, 0.25) is 0 Å². The quantitative estimate of drug-likeness (QED) is 0.865. The van der Waals surface area contributed by atoms with Crippen LogP contribution in [0.3, 0.4) is 0 Å². The van der Waals surface area contributed by atoms with Gasteiger partial charge in [-0.25, -0.2) is 4.68 Å². The van der Waals surface area contributed by atoms with E-state index in [2.05, 4.69) is 48.4 Å². The van der Waals surface area contributed by atoms with Gasteiger partial charge in [-0.05, 0) is 30.0 Å². The van der Waals surface area contributed by atoms with Gasteiger partial charge in [0, 0.05) is 6.42 Å². The van der Waals surface area contributed by atoms with Crippen molar-refractivity contribution in [3.8, 4) is 0 Å². The summed E-state index contributed by atoms with van der Waals surface area (Å²) in [7, 11) is 0. The molecule has 0 amide bonds. The molecule has 19 heavy (non-hydrogen) atoms. The molecule has 0 aliphatic heterocycles. The van der Waals surface area contributed by atoms with Gasteiger partial charge < -0.3 is 5.73 Å². The molecule has 0 bridgehead atoms. The van der Waals surface area contributed by atoms with Crippen LogP contribution in [-0.4, -0.2) is 21.5 Å². The van der Waals surface area contributed by atoms with Gasteiger partial charge in [0.25, 0.3) is 0 Å². The summed E-state index contributed by atoms with van der Waals surface area (Å²) in [5.41, 5.74) is 9.31. The lowest BCUT2D eigenvalue weighted by molar-refractivity contribution is 0.617. The van der Waals surface area contributed by atoms with E-state index in [4.69, 9.17) is 5.73 Å². The zero-order valence-electron chi connectivity index (χ0n) is 11.7. The fraction of sp³-hybridized carbons (Fsp3) is 0.467. The van der Waals surface area contributed by atoms with Crippen molar-refractivity contribution in [2.75, 3.05) is 6.54 Å². The molecule has 2 N–H and O–H groups in total. The third kappa shape index (κ3) is 3.41. The summed E-state index contributed by atoms with van der Waals surface area (Å²) in [6.45, 7) is 5.86. The highest BCUT2D eigenvalue weighted by molar-refractivity contribution is 5.25. The van der Waals surface area contributed by atoms with Crippen LogP contribution in [-0.2, 0) is 13.0 Å². The van der Waals surface area contributed by atoms with Crippen LogP contribution in [0.5, 0.6) is 0 Å². The Hall–Kier alpha value is -1.68. The average molecular weight is 258 g/mol. The van der Waals surface area contributed by atoms with Crippen LogP contribution in [0.2, 0.25) is 0 Å². The Bertz CT molecular complexity index is 501. The molecule has 1 unspecified atom stereocenters. The molecule has 1 heterocycles. The van der Waals surface area contributed by atoms with Crippen molar-refractivity contribution >= 4 is 0 Å². The smallest absolute Gasteiger partial charge is 0.0725 e. The van der Waals surface area contributed by atoms with E-state index in [1.807, 2.05) is 4.68 Å². The van der Waals surface area contributed by atoms with E-state index in [9.17, 15) is 0 Å². The van der Waals surface area contributed by atoms with Gasteiger partial charge >= 0.3 is 0 Å². The van der Waals surface area contributed by atoms with Gasteiger partial charge in [-0.15, -0.1) is 5.10 Å². The first-order valence-corrected chi connectivity index (χ1v) is 6.90. The summed E-state index contributed by atoms with van der Waals surface area (Å²) >= 11 is 0. The van der Waals surface area contributed by atoms with Crippen molar-refractivity contribution < 1.29 is 0 Å². The number of nitrogens with zero attached hydrogens (tertiary/aromatic N) is 3. The topological polar surface area (TPSA) is 56.7 Å². The first kappa shape index (κ1) is 13.7. The summed E-state index contributed by atoms with van der Waals surface area (Å²) in [4.78, 5) is 0. The molecule has 4 nitrogen and oxygen atoms in total. The minimum absolute atomic E-state index is 0.619. The molecule has 1 aromatic heterocycles. The lowest BCUT2D eigenvalue weighted by Gasteiger charge is -2.10. The normalized spacial score (nSPS) is 12.6. The van der Waals surface area contributed by atoms with E-state index in [1.54, 1.807) is 6.20 Å². The lowest BCUT2D eigenvalue weighted by atomic mass is 9.98. The molecule has 2 rings (SSSR count). The SMILES string of the molecule is CCC(C)c1ccc(Cn2nncc2CCN)cc1. The predicted molar refractivity (Wildman–Crippen MR) is 77.0 cm³/mol. The Morgan fingerprint density at radius 3 is 2.63 bits per heavy atom. The molecule has 0 fully saturated rings. The van der Waals surface area contributed by atoms with Crippen LogP contribution < -0.4 is 5.73 Å². The Kier molecular flexibility index (Phi) is 4.68. The van der Waals surface area contributed by atoms with Crippen molar-refractivity contribution in [1.29, 1.82) is 0 Å². The highest BCUT2D eigenvalue weighted by Gasteiger charge is 2.05. The number of rotatable bonds is 6. The second-order valence-corrected chi connectivity index (χ2v) is 4.97. The maximum absolute atomic E-state index is 5.58. The predicted octanol–water partition coefficient (Wildman–Crippen LogP) is 2.34. The number of aromatic nitrogens is 3. The van der Waals surface area contributed by atoms with Crippen LogP contribution in [0.1, 0.15) is 43.0 Å². The van der Waals surface area contributed by atoms with Crippen molar-refractivity contribution in [3.05, 3.63) is 47.3 Å². The van der Waals surface area contributed by atoms with Gasteiger partial charge in [0.05, 0.1) is 18.4 Å². The lowest BCUT2D eigenvalue weighted by Crippen LogP contribution is -2.11. The fourth-order valence-corrected chi connectivity index (χ4v) is 2.11. The van der Waals surface area contributed by atoms with Gasteiger partial charge in [-0.3, -0.25) is 0 Å². The molecule has 1 atom stereocenters. The third-order valence-corrected chi connectivity index (χ3v) is 3.59. The highest BCUT2D eigenvalue weighted by Crippen LogP contribution is 2.19. The Morgan fingerprint density at radius 1 is 1.26 bits per heavy atom. The van der Waals surface area contributed by atoms with Crippen molar-refractivity contribution in [2.45, 2.75) is 39.2 Å². The first-order chi connectivity index (χ1) is 9.24. The van der Waals surface area contributed by atoms with Gasteiger partial charge in [0.15, 0.2) is 0 Å². The molecule has 102 valence electrons. The van der Waals surface area contributed by atoms with E-state index in [0.29, 0.717) is 12.5 Å². The summed E-state index contributed by atoms with van der Waals surface area (Å²) in [6, 6.07) is 8.77. The van der Waals surface area contributed by atoms with Gasteiger partial charge in [-0.1, -0.05) is 43.3 Å². The minimum Gasteiger partial charge on any atom is -0.330 e. The van der Waals surface area contributed by atoms with Crippen molar-refractivity contribution in [2.24, 2.45) is 5.73 Å². The van der Waals surface area contributed by atoms with Crippen LogP contribution in [0.15, 0.2) is 30.5 Å². The zero-order valence-corrected chi connectivity index (χ0v) is 11.7. The second kappa shape index (κ2) is 6.48. The molecular formula is C15H22N4. The van der Waals surface area contributed by atoms with E-state index in [1.165, 1.54) is 17.5 Å². The van der Waals surface area contributed by atoms with Crippen LogP contribution in [0.25, 0.3) is 0 Å². The second-order valence-electron chi connectivity index (χ2n) is 4.97. The largest absolute Gasteiger partial charge is 0.330 e. The number of hydrogen-bond acceptors (Lipinski definition) is 3. The average Bonchev–Trinajstić information content (AvgIpc) is 2.86. The third-order valence-electron chi connectivity index (χ3n) is 3.59. The number of nitrogens with two attached hydrogens (primary N) is 1. The monoisotopic (exact) mass is 258 g/mol. The van der Waals surface area contributed by atoms with Crippen molar-refractivity contribution in [3.63, 3.8) is 0 Å². The minimum atomic E-state index is 0.619. The van der Waals surface area contributed by atoms with Gasteiger partial charge in [-0.2, -0.15) is 0 Å². The van der Waals surface area contributed by atoms with Gasteiger partial charge in [0.1, 0.15) is 0 Å². The Labute approximate surface area is 114 Å². The summed E-state index contributed by atoms with van der Waals surface area (Å²) in [5.74, 6) is 0.619. The molecule has 0 spiro atoms. The molecule has 2 aromatic rings. The Balaban J connectivity index is 2.08. The molecule has 0 aliphatic carbocycles. The number of hydrogen-bond donors (Lipinski definition) is 1. The molecule has 0 saturated carbocycles. The standard InChI is InChI=1S/C15H22N4/c1-3-12(2)14-6-4-13(5-7-14)11-19-15(8-9-16)10-17-18-19/h4-7,10,12H,3,8-9,11,16H2,1-2H3. The molecule has 0 aliphatic rings. The number of benzene rings is 1. The van der Waals surface area contributed by atoms with Crippen molar-refractivity contribution in [1.82, 2.24) is 15.0 Å². The molecule has 4 heteroatoms. The Morgan fingerprint density at radius 2 is 2.00 bits per heavy atom. The highest BCUT2D eigenvalue weighted by atomic mass is 15.4. The van der Waals surface area contributed by atoms with E-state index >= 15 is 0 Å². The van der Waals surface area contributed by atoms with E-state index < -0.39 is 0 Å². The summed E-state index contributed by atoms with van der Waals surface area (Å²) in [6.07, 6.45) is 3.78. The molecule has 0 saturated heterocycles. The molecule has 1 aromatic carbocycles. The fourth-order valence-electron chi connectivity index (χ4n) is 2.11. The summed E-state index contributed by atoms with van der Waals surface area (Å²) in [5, 5.41) is 8.07. The molecule has 0 radical (unpaired) electrons. The first-order valence-electron chi connectivity index (χ1n) is 6.90. The van der Waals surface area contributed by atoms with E-state index in [-0.39, 0.29) is 0 Å². The maximum atomic E-state index is 5.58. The van der Waals surface area contributed by atoms with E-state index in [0.717, 1.165) is 18.7 Å². The van der Waals surface area contributed by atoms with Crippen LogP contribution in [0.4, 0.5) is 0 Å². The molecular weight excluding hydrogens is 236 g/mol. The van der Waals surface area contributed by atoms with Crippen LogP contribution >= 0.6 is 0 Å². The summed E-state index contributed by atoms with van der Waals surface area (Å²) < 4.78 is 1.92. The maximum Gasteiger partial charge on any atom is 0.0725 e. The van der Waals surface area contributed by atoms with Crippen LogP contribution in [0, 0.1) is 0 Å².